The summed E-state index contributed by atoms with van der Waals surface area (Å²) >= 11 is 1.96. The molecule has 0 radical (unpaired) electrons. The van der Waals surface area contributed by atoms with Crippen molar-refractivity contribution in [3.63, 3.8) is 0 Å². The first-order valence-corrected chi connectivity index (χ1v) is 8.88. The Morgan fingerprint density at radius 3 is 2.96 bits per heavy atom. The van der Waals surface area contributed by atoms with Gasteiger partial charge in [-0.3, -0.25) is 9.79 Å². The van der Waals surface area contributed by atoms with Gasteiger partial charge in [0, 0.05) is 41.9 Å². The van der Waals surface area contributed by atoms with E-state index in [1.807, 2.05) is 30.0 Å². The van der Waals surface area contributed by atoms with Crippen LogP contribution < -0.4 is 10.6 Å². The molecule has 2 rings (SSSR count). The van der Waals surface area contributed by atoms with E-state index in [2.05, 4.69) is 40.3 Å². The number of carbonyl (C=O) groups is 1. The van der Waals surface area contributed by atoms with Crippen molar-refractivity contribution in [1.82, 2.24) is 10.2 Å². The molecule has 1 fully saturated rings. The van der Waals surface area contributed by atoms with Crippen LogP contribution in [0.2, 0.25) is 0 Å². The van der Waals surface area contributed by atoms with Crippen LogP contribution >= 0.6 is 11.8 Å². The van der Waals surface area contributed by atoms with E-state index in [0.29, 0.717) is 5.69 Å². The lowest BCUT2D eigenvalue weighted by atomic mass is 10.2. The average Bonchev–Trinajstić information content (AvgIpc) is 2.54. The molecule has 128 valence electrons. The maximum absolute atomic E-state index is 12.1. The van der Waals surface area contributed by atoms with Gasteiger partial charge < -0.3 is 15.5 Å². The molecule has 0 spiro atoms. The number of amides is 1. The maximum atomic E-state index is 12.1. The topological polar surface area (TPSA) is 56.7 Å². The van der Waals surface area contributed by atoms with E-state index in [1.165, 1.54) is 0 Å². The number of nitrogens with zero attached hydrogens (tertiary/aromatic N) is 2. The summed E-state index contributed by atoms with van der Waals surface area (Å²) in [4.78, 5) is 18.6. The number of nitrogens with one attached hydrogen (secondary N) is 2. The molecule has 6 heteroatoms. The van der Waals surface area contributed by atoms with Crippen molar-refractivity contribution in [2.45, 2.75) is 18.6 Å². The van der Waals surface area contributed by atoms with Crippen LogP contribution in [0, 0.1) is 12.3 Å². The molecule has 0 unspecified atom stereocenters. The van der Waals surface area contributed by atoms with Gasteiger partial charge in [-0.15, -0.1) is 6.42 Å². The number of anilines is 1. The van der Waals surface area contributed by atoms with E-state index in [9.17, 15) is 4.79 Å². The van der Waals surface area contributed by atoms with E-state index in [1.54, 1.807) is 13.1 Å². The largest absolute Gasteiger partial charge is 0.347 e. The molecule has 0 aromatic heterocycles. The fourth-order valence-electron chi connectivity index (χ4n) is 2.58. The fraction of sp³-hybridized carbons (Fsp3) is 0.444. The van der Waals surface area contributed by atoms with Crippen LogP contribution in [0.25, 0.3) is 0 Å². The Labute approximate surface area is 148 Å². The molecule has 24 heavy (non-hydrogen) atoms. The maximum Gasteiger partial charge on any atom is 0.243 e. The molecule has 1 aliphatic rings. The van der Waals surface area contributed by atoms with Crippen molar-refractivity contribution < 1.29 is 4.79 Å². The van der Waals surface area contributed by atoms with Crippen molar-refractivity contribution in [2.24, 2.45) is 4.99 Å². The van der Waals surface area contributed by atoms with Gasteiger partial charge in [0.1, 0.15) is 0 Å². The van der Waals surface area contributed by atoms with Gasteiger partial charge in [-0.25, -0.2) is 0 Å². The zero-order valence-electron chi connectivity index (χ0n) is 14.4. The van der Waals surface area contributed by atoms with Crippen LogP contribution in [0.5, 0.6) is 0 Å². The molecular weight excluding hydrogens is 320 g/mol. The first kappa shape index (κ1) is 18.2. The quantitative estimate of drug-likeness (QED) is 0.500. The summed E-state index contributed by atoms with van der Waals surface area (Å²) in [6.45, 7) is 6.45. The third-order valence-electron chi connectivity index (χ3n) is 3.66. The van der Waals surface area contributed by atoms with E-state index >= 15 is 0 Å². The molecule has 1 aromatic carbocycles. The van der Waals surface area contributed by atoms with Crippen LogP contribution in [0.3, 0.4) is 0 Å². The summed E-state index contributed by atoms with van der Waals surface area (Å²) in [5.41, 5.74) is 1.44. The summed E-state index contributed by atoms with van der Waals surface area (Å²) in [7, 11) is 1.74. The minimum Gasteiger partial charge on any atom is -0.347 e. The lowest BCUT2D eigenvalue weighted by Crippen LogP contribution is -2.52. The fourth-order valence-corrected chi connectivity index (χ4v) is 3.69. The molecule has 0 aliphatic carbocycles. The normalized spacial score (nSPS) is 17.1. The van der Waals surface area contributed by atoms with Crippen molar-refractivity contribution in [3.8, 4) is 12.3 Å². The highest BCUT2D eigenvalue weighted by Gasteiger charge is 2.28. The number of benzene rings is 1. The number of guanidine groups is 1. The van der Waals surface area contributed by atoms with Gasteiger partial charge in [0.05, 0.1) is 6.54 Å². The smallest absolute Gasteiger partial charge is 0.243 e. The molecule has 5 nitrogen and oxygen atoms in total. The molecule has 1 amide bonds. The second kappa shape index (κ2) is 8.11. The van der Waals surface area contributed by atoms with Gasteiger partial charge in [0.25, 0.3) is 0 Å². The summed E-state index contributed by atoms with van der Waals surface area (Å²) in [6.07, 6.45) is 5.37. The number of rotatable bonds is 3. The number of carbonyl (C=O) groups excluding carboxylic acids is 1. The van der Waals surface area contributed by atoms with E-state index < -0.39 is 0 Å². The van der Waals surface area contributed by atoms with Crippen molar-refractivity contribution in [1.29, 1.82) is 0 Å². The van der Waals surface area contributed by atoms with Crippen LogP contribution in [0.1, 0.15) is 19.4 Å². The Morgan fingerprint density at radius 1 is 1.50 bits per heavy atom. The van der Waals surface area contributed by atoms with Crippen LogP contribution in [-0.4, -0.2) is 53.9 Å². The Kier molecular flexibility index (Phi) is 6.16. The molecule has 0 saturated carbocycles. The van der Waals surface area contributed by atoms with Crippen molar-refractivity contribution in [3.05, 3.63) is 29.8 Å². The van der Waals surface area contributed by atoms with Crippen LogP contribution in [-0.2, 0) is 4.79 Å². The van der Waals surface area contributed by atoms with Gasteiger partial charge in [-0.1, -0.05) is 12.0 Å². The van der Waals surface area contributed by atoms with Gasteiger partial charge in [0.2, 0.25) is 5.91 Å². The summed E-state index contributed by atoms with van der Waals surface area (Å²) in [6, 6.07) is 7.24. The highest BCUT2D eigenvalue weighted by atomic mass is 32.2. The SMILES string of the molecule is C#Cc1cccc(NC(=O)CNC(=NC)N2CCSC(C)(C)C2)c1. The predicted molar refractivity (Wildman–Crippen MR) is 102 cm³/mol. The first-order valence-electron chi connectivity index (χ1n) is 7.89. The molecule has 2 N–H and O–H groups in total. The Morgan fingerprint density at radius 2 is 2.29 bits per heavy atom. The van der Waals surface area contributed by atoms with E-state index in [4.69, 9.17) is 6.42 Å². The second-order valence-electron chi connectivity index (χ2n) is 6.20. The van der Waals surface area contributed by atoms with Gasteiger partial charge >= 0.3 is 0 Å². The lowest BCUT2D eigenvalue weighted by Gasteiger charge is -2.39. The second-order valence-corrected chi connectivity index (χ2v) is 8.01. The Balaban J connectivity index is 1.89. The molecule has 1 heterocycles. The zero-order chi connectivity index (χ0) is 17.6. The molecule has 1 aliphatic heterocycles. The zero-order valence-corrected chi connectivity index (χ0v) is 15.2. The number of terminal acetylenes is 1. The number of thioether (sulfide) groups is 1. The third-order valence-corrected chi connectivity index (χ3v) is 4.95. The highest BCUT2D eigenvalue weighted by molar-refractivity contribution is 8.00. The Bertz CT molecular complexity index is 663. The van der Waals surface area contributed by atoms with Gasteiger partial charge in [0.15, 0.2) is 5.96 Å². The summed E-state index contributed by atoms with van der Waals surface area (Å²) in [5, 5.41) is 5.98. The standard InChI is InChI=1S/C18H24N4OS/c1-5-14-7-6-8-15(11-14)21-16(23)12-20-17(19-4)22-9-10-24-18(2,3)13-22/h1,6-8,11H,9-10,12-13H2,2-4H3,(H,19,20)(H,21,23). The summed E-state index contributed by atoms with van der Waals surface area (Å²) in [5.74, 6) is 4.24. The third kappa shape index (κ3) is 5.20. The molecule has 0 atom stereocenters. The number of aliphatic imine (C=N–C) groups is 1. The molecule has 1 aromatic rings. The minimum absolute atomic E-state index is 0.129. The molecular formula is C18H24N4OS. The van der Waals surface area contributed by atoms with Gasteiger partial charge in [-0.05, 0) is 32.0 Å². The van der Waals surface area contributed by atoms with E-state index in [0.717, 1.165) is 30.4 Å². The average molecular weight is 344 g/mol. The number of hydrogen-bond acceptors (Lipinski definition) is 3. The number of hydrogen-bond donors (Lipinski definition) is 2. The lowest BCUT2D eigenvalue weighted by molar-refractivity contribution is -0.115. The summed E-state index contributed by atoms with van der Waals surface area (Å²) < 4.78 is 0.188. The molecule has 0 bridgehead atoms. The monoisotopic (exact) mass is 344 g/mol. The highest BCUT2D eigenvalue weighted by Crippen LogP contribution is 2.29. The minimum atomic E-state index is -0.129. The Hall–Kier alpha value is -2.13. The van der Waals surface area contributed by atoms with Crippen LogP contribution in [0.4, 0.5) is 5.69 Å². The van der Waals surface area contributed by atoms with E-state index in [-0.39, 0.29) is 17.2 Å². The predicted octanol–water partition coefficient (Wildman–Crippen LogP) is 2.01. The van der Waals surface area contributed by atoms with Crippen LogP contribution in [0.15, 0.2) is 29.3 Å². The van der Waals surface area contributed by atoms with Gasteiger partial charge in [-0.2, -0.15) is 11.8 Å². The molecule has 1 saturated heterocycles. The first-order chi connectivity index (χ1) is 11.4. The van der Waals surface area contributed by atoms with Crippen molar-refractivity contribution >= 4 is 29.3 Å². The van der Waals surface area contributed by atoms with Crippen molar-refractivity contribution in [2.75, 3.05) is 37.8 Å².